The van der Waals surface area contributed by atoms with Crippen molar-refractivity contribution >= 4 is 72.2 Å². The van der Waals surface area contributed by atoms with Crippen LogP contribution < -0.4 is 4.90 Å². The van der Waals surface area contributed by atoms with Crippen molar-refractivity contribution in [2.24, 2.45) is 0 Å². The van der Waals surface area contributed by atoms with Gasteiger partial charge in [-0.3, -0.25) is 4.90 Å². The maximum Gasteiger partial charge on any atom is 0.235 e. The van der Waals surface area contributed by atoms with Crippen LogP contribution in [0.1, 0.15) is 30.5 Å². The Kier molecular flexibility index (Phi) is 7.12. The fraction of sp³-hybridized carbons (Fsp3) is 0.0741. The van der Waals surface area contributed by atoms with E-state index < -0.39 is 0 Å². The summed E-state index contributed by atoms with van der Waals surface area (Å²) in [5, 5.41) is 10.2. The van der Waals surface area contributed by atoms with Gasteiger partial charge in [0.25, 0.3) is 0 Å². The van der Waals surface area contributed by atoms with Crippen LogP contribution in [0.5, 0.6) is 0 Å². The van der Waals surface area contributed by atoms with Gasteiger partial charge < -0.3 is 0 Å². The van der Waals surface area contributed by atoms with E-state index >= 15 is 0 Å². The molecule has 0 radical (unpaired) electrons. The van der Waals surface area contributed by atoms with Crippen LogP contribution in [0.25, 0.3) is 76.7 Å². The zero-order chi connectivity index (χ0) is 38.7. The number of nitrogens with zero attached hydrogens (tertiary/aromatic N) is 3. The standard InChI is InChI=1S/C54H37N3S/c1-32-22-23-39-40(24-32)37-20-12-13-21-38(37)41-27-43-44-29-52-50(30-46(44)54(2,3)45(43)28-42(39)41)57(49-25-35-18-10-11-19-36(35)26-51(49)58-52)53-55-47(33-14-6-4-7-15-33)31-48(56-53)34-16-8-5-9-17-34/h4-31H,1-3H3. The summed E-state index contributed by atoms with van der Waals surface area (Å²) in [6, 6.07) is 62.1. The molecule has 1 aliphatic carbocycles. The van der Waals surface area contributed by atoms with Crippen molar-refractivity contribution in [3.8, 4) is 33.6 Å². The predicted molar refractivity (Wildman–Crippen MR) is 244 cm³/mol. The average molecular weight is 760 g/mol. The third-order valence-corrected chi connectivity index (χ3v) is 13.5. The number of hydrogen-bond donors (Lipinski definition) is 0. The highest BCUT2D eigenvalue weighted by Gasteiger charge is 2.39. The average Bonchev–Trinajstić information content (AvgIpc) is 3.48. The van der Waals surface area contributed by atoms with Crippen LogP contribution in [0.2, 0.25) is 0 Å². The Morgan fingerprint density at radius 3 is 1.66 bits per heavy atom. The molecule has 9 aromatic carbocycles. The second-order valence-electron chi connectivity index (χ2n) is 16.3. The first-order valence-corrected chi connectivity index (χ1v) is 20.8. The minimum Gasteiger partial charge on any atom is -0.277 e. The molecule has 4 heteroatoms. The fourth-order valence-electron chi connectivity index (χ4n) is 9.54. The smallest absolute Gasteiger partial charge is 0.235 e. The Hall–Kier alpha value is -6.75. The van der Waals surface area contributed by atoms with Gasteiger partial charge in [0.15, 0.2) is 0 Å². The topological polar surface area (TPSA) is 29.0 Å². The van der Waals surface area contributed by atoms with Gasteiger partial charge in [0.05, 0.1) is 22.8 Å². The maximum atomic E-state index is 5.41. The molecule has 3 nitrogen and oxygen atoms in total. The largest absolute Gasteiger partial charge is 0.277 e. The molecule has 58 heavy (non-hydrogen) atoms. The normalized spacial score (nSPS) is 13.8. The van der Waals surface area contributed by atoms with Crippen molar-refractivity contribution < 1.29 is 0 Å². The van der Waals surface area contributed by atoms with Gasteiger partial charge in [0.1, 0.15) is 0 Å². The van der Waals surface area contributed by atoms with E-state index in [2.05, 4.69) is 196 Å². The van der Waals surface area contributed by atoms with Gasteiger partial charge in [-0.2, -0.15) is 0 Å². The van der Waals surface area contributed by atoms with Crippen molar-refractivity contribution in [2.45, 2.75) is 36.0 Å². The number of anilines is 3. The highest BCUT2D eigenvalue weighted by atomic mass is 32.2. The molecular formula is C54H37N3S. The Bertz CT molecular complexity index is 3290. The van der Waals surface area contributed by atoms with E-state index in [1.165, 1.54) is 80.7 Å². The molecule has 2 aliphatic rings. The molecule has 0 unspecified atom stereocenters. The lowest BCUT2D eigenvalue weighted by molar-refractivity contribution is 0.661. The molecule has 0 saturated heterocycles. The summed E-state index contributed by atoms with van der Waals surface area (Å²) in [6.45, 7) is 6.98. The predicted octanol–water partition coefficient (Wildman–Crippen LogP) is 15.0. The number of rotatable bonds is 3. The fourth-order valence-corrected chi connectivity index (χ4v) is 10.6. The number of fused-ring (bicyclic) bond motifs is 12. The van der Waals surface area contributed by atoms with Crippen LogP contribution >= 0.6 is 11.8 Å². The van der Waals surface area contributed by atoms with Crippen LogP contribution in [0.4, 0.5) is 17.3 Å². The number of aryl methyl sites for hydroxylation is 1. The summed E-state index contributed by atoms with van der Waals surface area (Å²) in [6.07, 6.45) is 0. The van der Waals surface area contributed by atoms with Gasteiger partial charge >= 0.3 is 0 Å². The molecular weight excluding hydrogens is 723 g/mol. The van der Waals surface area contributed by atoms with Crippen LogP contribution in [0.15, 0.2) is 180 Å². The Balaban J connectivity index is 1.13. The summed E-state index contributed by atoms with van der Waals surface area (Å²) in [5.74, 6) is 0.658. The van der Waals surface area contributed by atoms with E-state index in [4.69, 9.17) is 9.97 Å². The zero-order valence-electron chi connectivity index (χ0n) is 32.4. The molecule has 0 atom stereocenters. The Morgan fingerprint density at radius 1 is 0.448 bits per heavy atom. The minimum atomic E-state index is -0.251. The van der Waals surface area contributed by atoms with Crippen molar-refractivity contribution in [2.75, 3.05) is 4.90 Å². The van der Waals surface area contributed by atoms with Crippen LogP contribution in [-0.4, -0.2) is 9.97 Å². The summed E-state index contributed by atoms with van der Waals surface area (Å²) < 4.78 is 0. The van der Waals surface area contributed by atoms with E-state index in [0.29, 0.717) is 5.95 Å². The van der Waals surface area contributed by atoms with Crippen LogP contribution in [-0.2, 0) is 5.41 Å². The van der Waals surface area contributed by atoms with E-state index in [9.17, 15) is 0 Å². The minimum absolute atomic E-state index is 0.251. The highest BCUT2D eigenvalue weighted by molar-refractivity contribution is 7.99. The second-order valence-corrected chi connectivity index (χ2v) is 17.4. The first-order chi connectivity index (χ1) is 28.4. The molecule has 0 bridgehead atoms. The number of hydrogen-bond acceptors (Lipinski definition) is 4. The molecule has 0 spiro atoms. The number of benzene rings is 9. The Morgan fingerprint density at radius 2 is 0.966 bits per heavy atom. The van der Waals surface area contributed by atoms with Gasteiger partial charge in [-0.15, -0.1) is 0 Å². The molecule has 12 rings (SSSR count). The van der Waals surface area contributed by atoms with Crippen LogP contribution in [0.3, 0.4) is 0 Å². The van der Waals surface area contributed by atoms with Gasteiger partial charge in [-0.25, -0.2) is 9.97 Å². The summed E-state index contributed by atoms with van der Waals surface area (Å²) in [5.41, 5.74) is 12.4. The molecule has 2 heterocycles. The first-order valence-electron chi connectivity index (χ1n) is 20.0. The monoisotopic (exact) mass is 759 g/mol. The molecule has 1 aromatic heterocycles. The molecule has 0 fully saturated rings. The first kappa shape index (κ1) is 33.4. The second kappa shape index (κ2) is 12.4. The van der Waals surface area contributed by atoms with Gasteiger partial charge in [0.2, 0.25) is 5.95 Å². The Labute approximate surface area is 341 Å². The molecule has 0 saturated carbocycles. The van der Waals surface area contributed by atoms with Crippen molar-refractivity contribution in [3.63, 3.8) is 0 Å². The lowest BCUT2D eigenvalue weighted by atomic mass is 9.81. The third-order valence-electron chi connectivity index (χ3n) is 12.4. The molecule has 0 N–H and O–H groups in total. The summed E-state index contributed by atoms with van der Waals surface area (Å²) >= 11 is 1.85. The van der Waals surface area contributed by atoms with Crippen molar-refractivity contribution in [1.82, 2.24) is 9.97 Å². The molecule has 10 aromatic rings. The SMILES string of the molecule is Cc1ccc2c(c1)c1ccccc1c1cc3c(cc21)C(C)(C)c1cc2c(cc1-3)Sc1cc3ccccc3cc1N2c1nc(-c2ccccc2)cc(-c2ccccc2)n1. The van der Waals surface area contributed by atoms with E-state index in [1.54, 1.807) is 0 Å². The van der Waals surface area contributed by atoms with Gasteiger partial charge in [0, 0.05) is 26.3 Å². The molecule has 0 amide bonds. The van der Waals surface area contributed by atoms with Gasteiger partial charge in [-0.05, 0) is 115 Å². The quantitative estimate of drug-likeness (QED) is 0.168. The maximum absolute atomic E-state index is 5.41. The lowest BCUT2D eigenvalue weighted by Crippen LogP contribution is -2.20. The molecule has 1 aliphatic heterocycles. The van der Waals surface area contributed by atoms with Gasteiger partial charge in [-0.1, -0.05) is 159 Å². The number of aromatic nitrogens is 2. The summed E-state index contributed by atoms with van der Waals surface area (Å²) in [4.78, 5) is 15.5. The third kappa shape index (κ3) is 4.95. The van der Waals surface area contributed by atoms with E-state index in [0.717, 1.165) is 33.9 Å². The summed E-state index contributed by atoms with van der Waals surface area (Å²) in [7, 11) is 0. The van der Waals surface area contributed by atoms with Crippen molar-refractivity contribution in [3.05, 3.63) is 187 Å². The zero-order valence-corrected chi connectivity index (χ0v) is 33.2. The lowest BCUT2D eigenvalue weighted by Gasteiger charge is -2.33. The molecule has 274 valence electrons. The van der Waals surface area contributed by atoms with E-state index in [-0.39, 0.29) is 5.41 Å². The van der Waals surface area contributed by atoms with Crippen molar-refractivity contribution in [1.29, 1.82) is 0 Å². The van der Waals surface area contributed by atoms with Crippen LogP contribution in [0, 0.1) is 6.92 Å². The van der Waals surface area contributed by atoms with E-state index in [1.807, 2.05) is 11.8 Å². The highest BCUT2D eigenvalue weighted by Crippen LogP contribution is 2.58.